The maximum atomic E-state index is 11.5. The molecule has 2 atom stereocenters. The van der Waals surface area contributed by atoms with Gasteiger partial charge in [0.1, 0.15) is 5.82 Å². The summed E-state index contributed by atoms with van der Waals surface area (Å²) >= 11 is 0. The Morgan fingerprint density at radius 3 is 3.00 bits per heavy atom. The van der Waals surface area contributed by atoms with E-state index in [2.05, 4.69) is 27.1 Å². The molecule has 1 saturated heterocycles. The molecule has 0 bridgehead atoms. The number of piperidine rings is 1. The van der Waals surface area contributed by atoms with E-state index in [0.29, 0.717) is 12.6 Å². The van der Waals surface area contributed by atoms with E-state index in [1.807, 2.05) is 23.8 Å². The lowest BCUT2D eigenvalue weighted by molar-refractivity contribution is -0.122. The van der Waals surface area contributed by atoms with Crippen molar-refractivity contribution in [3.63, 3.8) is 0 Å². The van der Waals surface area contributed by atoms with E-state index in [9.17, 15) is 4.79 Å². The number of amides is 1. The highest BCUT2D eigenvalue weighted by Gasteiger charge is 2.31. The van der Waals surface area contributed by atoms with Gasteiger partial charge >= 0.3 is 0 Å². The summed E-state index contributed by atoms with van der Waals surface area (Å²) < 4.78 is 1.94. The van der Waals surface area contributed by atoms with E-state index in [0.717, 1.165) is 30.1 Å². The first-order chi connectivity index (χ1) is 10.1. The Morgan fingerprint density at radius 1 is 1.48 bits per heavy atom. The van der Waals surface area contributed by atoms with Gasteiger partial charge in [-0.15, -0.1) is 0 Å². The van der Waals surface area contributed by atoms with E-state index >= 15 is 0 Å². The van der Waals surface area contributed by atoms with E-state index in [1.165, 1.54) is 0 Å². The van der Waals surface area contributed by atoms with Gasteiger partial charge in [-0.25, -0.2) is 9.97 Å². The molecular formula is C14H20N6O. The van der Waals surface area contributed by atoms with Crippen LogP contribution in [0.1, 0.15) is 19.8 Å². The maximum absolute atomic E-state index is 11.5. The van der Waals surface area contributed by atoms with Crippen LogP contribution in [0.4, 0.5) is 11.6 Å². The quantitative estimate of drug-likeness (QED) is 0.874. The second-order valence-electron chi connectivity index (χ2n) is 5.54. The number of nitrogens with two attached hydrogens (primary N) is 1. The number of imidazole rings is 1. The fourth-order valence-electron chi connectivity index (χ4n) is 2.86. The number of rotatable bonds is 3. The van der Waals surface area contributed by atoms with Crippen molar-refractivity contribution in [2.24, 2.45) is 11.7 Å². The van der Waals surface area contributed by atoms with Gasteiger partial charge in [0.15, 0.2) is 11.5 Å². The number of hydrogen-bond donors (Lipinski definition) is 2. The first kappa shape index (κ1) is 13.7. The first-order valence-corrected chi connectivity index (χ1v) is 7.17. The van der Waals surface area contributed by atoms with Crippen LogP contribution < -0.4 is 16.0 Å². The van der Waals surface area contributed by atoms with Crippen LogP contribution in [0.2, 0.25) is 0 Å². The summed E-state index contributed by atoms with van der Waals surface area (Å²) in [5.74, 6) is 1.20. The standard InChI is InChI=1S/C14H20N6O/c1-9-3-4-10(12(15)21)7-20(9)14-13-17-5-6-19(13)8-11(16-2)18-14/h5-6,8-10,16H,3-4,7H2,1-2H3,(H2,15,21). The molecule has 3 N–H and O–H groups in total. The van der Waals surface area contributed by atoms with Gasteiger partial charge in [0.2, 0.25) is 5.91 Å². The predicted molar refractivity (Wildman–Crippen MR) is 81.3 cm³/mol. The molecule has 3 heterocycles. The minimum atomic E-state index is -0.240. The molecule has 0 aliphatic carbocycles. The number of anilines is 2. The molecule has 0 aromatic carbocycles. The van der Waals surface area contributed by atoms with Crippen molar-refractivity contribution in [2.75, 3.05) is 23.8 Å². The van der Waals surface area contributed by atoms with E-state index in [4.69, 9.17) is 5.73 Å². The lowest BCUT2D eigenvalue weighted by atomic mass is 9.93. The SMILES string of the molecule is CNc1cn2ccnc2c(N2CC(C(N)=O)CCC2C)n1. The first-order valence-electron chi connectivity index (χ1n) is 7.17. The maximum Gasteiger partial charge on any atom is 0.222 e. The van der Waals surface area contributed by atoms with Crippen LogP contribution in [-0.2, 0) is 4.79 Å². The van der Waals surface area contributed by atoms with Crippen LogP contribution in [0.3, 0.4) is 0 Å². The number of nitrogens with one attached hydrogen (secondary N) is 1. The summed E-state index contributed by atoms with van der Waals surface area (Å²) in [4.78, 5) is 22.7. The van der Waals surface area contributed by atoms with Crippen LogP contribution in [0.25, 0.3) is 5.65 Å². The summed E-state index contributed by atoms with van der Waals surface area (Å²) in [6.07, 6.45) is 7.29. The number of fused-ring (bicyclic) bond motifs is 1. The lowest BCUT2D eigenvalue weighted by Gasteiger charge is -2.37. The highest BCUT2D eigenvalue weighted by atomic mass is 16.1. The second-order valence-corrected chi connectivity index (χ2v) is 5.54. The van der Waals surface area contributed by atoms with Gasteiger partial charge in [-0.2, -0.15) is 0 Å². The molecule has 1 fully saturated rings. The van der Waals surface area contributed by atoms with Crippen molar-refractivity contribution >= 4 is 23.2 Å². The number of carbonyl (C=O) groups excluding carboxylic acids is 1. The number of carbonyl (C=O) groups is 1. The van der Waals surface area contributed by atoms with Crippen molar-refractivity contribution in [3.05, 3.63) is 18.6 Å². The third-order valence-electron chi connectivity index (χ3n) is 4.17. The van der Waals surface area contributed by atoms with Crippen LogP contribution >= 0.6 is 0 Å². The minimum Gasteiger partial charge on any atom is -0.372 e. The van der Waals surface area contributed by atoms with Crippen molar-refractivity contribution in [1.82, 2.24) is 14.4 Å². The van der Waals surface area contributed by atoms with Crippen LogP contribution in [0.15, 0.2) is 18.6 Å². The zero-order valence-electron chi connectivity index (χ0n) is 12.3. The molecule has 2 aromatic heterocycles. The molecule has 0 saturated carbocycles. The van der Waals surface area contributed by atoms with Gasteiger partial charge < -0.3 is 20.4 Å². The topological polar surface area (TPSA) is 88.5 Å². The fourth-order valence-corrected chi connectivity index (χ4v) is 2.86. The molecule has 3 rings (SSSR count). The van der Waals surface area contributed by atoms with E-state index in [1.54, 1.807) is 6.20 Å². The number of hydrogen-bond acceptors (Lipinski definition) is 5. The molecule has 1 aliphatic rings. The third-order valence-corrected chi connectivity index (χ3v) is 4.17. The molecule has 2 unspecified atom stereocenters. The second kappa shape index (κ2) is 5.23. The smallest absolute Gasteiger partial charge is 0.222 e. The van der Waals surface area contributed by atoms with Crippen molar-refractivity contribution in [3.8, 4) is 0 Å². The predicted octanol–water partition coefficient (Wildman–Crippen LogP) is 0.861. The average Bonchev–Trinajstić information content (AvgIpc) is 2.94. The van der Waals surface area contributed by atoms with E-state index < -0.39 is 0 Å². The Labute approximate surface area is 123 Å². The van der Waals surface area contributed by atoms with Gasteiger partial charge in [-0.3, -0.25) is 4.79 Å². The number of primary amides is 1. The summed E-state index contributed by atoms with van der Waals surface area (Å²) in [6.45, 7) is 2.74. The molecule has 7 heteroatoms. The van der Waals surface area contributed by atoms with Crippen molar-refractivity contribution < 1.29 is 4.79 Å². The van der Waals surface area contributed by atoms with Gasteiger partial charge in [-0.05, 0) is 19.8 Å². The van der Waals surface area contributed by atoms with Crippen molar-refractivity contribution in [1.29, 1.82) is 0 Å². The lowest BCUT2D eigenvalue weighted by Crippen LogP contribution is -2.46. The third kappa shape index (κ3) is 2.39. The molecule has 112 valence electrons. The Hall–Kier alpha value is -2.31. The van der Waals surface area contributed by atoms with Gasteiger partial charge in [0.25, 0.3) is 0 Å². The molecule has 0 spiro atoms. The Bertz CT molecular complexity index is 667. The molecule has 21 heavy (non-hydrogen) atoms. The van der Waals surface area contributed by atoms with Crippen LogP contribution in [0.5, 0.6) is 0 Å². The van der Waals surface area contributed by atoms with E-state index in [-0.39, 0.29) is 11.8 Å². The Morgan fingerprint density at radius 2 is 2.29 bits per heavy atom. The molecule has 2 aromatic rings. The number of nitrogens with zero attached hydrogens (tertiary/aromatic N) is 4. The summed E-state index contributed by atoms with van der Waals surface area (Å²) in [5.41, 5.74) is 6.28. The summed E-state index contributed by atoms with van der Waals surface area (Å²) in [6, 6.07) is 0.306. The van der Waals surface area contributed by atoms with Gasteiger partial charge in [-0.1, -0.05) is 0 Å². The molecule has 7 nitrogen and oxygen atoms in total. The molecule has 1 aliphatic heterocycles. The zero-order chi connectivity index (χ0) is 15.0. The fraction of sp³-hybridized carbons (Fsp3) is 0.500. The minimum absolute atomic E-state index is 0.128. The Balaban J connectivity index is 2.04. The van der Waals surface area contributed by atoms with Gasteiger partial charge in [0, 0.05) is 32.0 Å². The molecule has 0 radical (unpaired) electrons. The van der Waals surface area contributed by atoms with Crippen LogP contribution in [-0.4, -0.2) is 39.9 Å². The monoisotopic (exact) mass is 288 g/mol. The summed E-state index contributed by atoms with van der Waals surface area (Å²) in [7, 11) is 1.83. The summed E-state index contributed by atoms with van der Waals surface area (Å²) in [5, 5.41) is 3.06. The van der Waals surface area contributed by atoms with Crippen molar-refractivity contribution in [2.45, 2.75) is 25.8 Å². The highest BCUT2D eigenvalue weighted by Crippen LogP contribution is 2.29. The molecular weight excluding hydrogens is 268 g/mol. The number of aromatic nitrogens is 3. The highest BCUT2D eigenvalue weighted by molar-refractivity contribution is 5.78. The zero-order valence-corrected chi connectivity index (χ0v) is 12.3. The van der Waals surface area contributed by atoms with Gasteiger partial charge in [0.05, 0.1) is 12.1 Å². The largest absolute Gasteiger partial charge is 0.372 e. The average molecular weight is 288 g/mol. The normalized spacial score (nSPS) is 22.5. The Kier molecular flexibility index (Phi) is 3.40. The molecule has 1 amide bonds. The van der Waals surface area contributed by atoms with Crippen LogP contribution in [0, 0.1) is 5.92 Å².